The minimum absolute atomic E-state index is 0.129. The molecule has 43 heavy (non-hydrogen) atoms. The van der Waals surface area contributed by atoms with E-state index in [1.807, 2.05) is 37.3 Å². The number of sulfonamides is 1. The fraction of sp³-hybridized carbons (Fsp3) is 0.0606. The normalized spacial score (nSPS) is 11.3. The highest BCUT2D eigenvalue weighted by Gasteiger charge is 2.15. The van der Waals surface area contributed by atoms with Crippen LogP contribution < -0.4 is 19.6 Å². The van der Waals surface area contributed by atoms with Crippen LogP contribution in [0, 0.1) is 0 Å². The first-order valence-corrected chi connectivity index (χ1v) is 14.8. The molecule has 5 aromatic rings. The number of hydrogen-bond donors (Lipinski definition) is 2. The monoisotopic (exact) mass is 593 g/mol. The molecule has 0 bridgehead atoms. The second kappa shape index (κ2) is 13.0. The number of rotatable bonds is 10. The maximum Gasteiger partial charge on any atom is 0.343 e. The van der Waals surface area contributed by atoms with Gasteiger partial charge in [-0.15, -0.1) is 0 Å². The van der Waals surface area contributed by atoms with Gasteiger partial charge >= 0.3 is 5.97 Å². The standard InChI is InChI=1S/C33H27N3O6S/c1-2-41-27-19-14-25(15-20-27)33(38)42-31-21-16-23-8-6-7-11-29(23)30(31)22-34-35-32(37)24-12-17-26(18-13-24)36-43(39,40)28-9-4-3-5-10-28/h3-22,36H,2H2,1H3,(H,35,37)/b34-22-. The van der Waals surface area contributed by atoms with Gasteiger partial charge in [-0.25, -0.2) is 18.6 Å². The van der Waals surface area contributed by atoms with Crippen molar-refractivity contribution in [3.05, 3.63) is 132 Å². The van der Waals surface area contributed by atoms with Gasteiger partial charge in [0.05, 0.1) is 23.3 Å². The number of hydrazone groups is 1. The number of nitrogens with zero attached hydrogens (tertiary/aromatic N) is 1. The van der Waals surface area contributed by atoms with E-state index in [4.69, 9.17) is 9.47 Å². The van der Waals surface area contributed by atoms with Gasteiger partial charge in [0.15, 0.2) is 0 Å². The molecule has 0 radical (unpaired) electrons. The molecular weight excluding hydrogens is 566 g/mol. The van der Waals surface area contributed by atoms with E-state index >= 15 is 0 Å². The lowest BCUT2D eigenvalue weighted by molar-refractivity contribution is 0.0734. The molecule has 9 nitrogen and oxygen atoms in total. The van der Waals surface area contributed by atoms with Crippen molar-refractivity contribution in [3.8, 4) is 11.5 Å². The number of anilines is 1. The summed E-state index contributed by atoms with van der Waals surface area (Å²) in [4.78, 5) is 25.8. The number of hydrogen-bond acceptors (Lipinski definition) is 7. The zero-order chi connectivity index (χ0) is 30.2. The smallest absolute Gasteiger partial charge is 0.343 e. The molecule has 0 saturated heterocycles. The lowest BCUT2D eigenvalue weighted by Crippen LogP contribution is -2.18. The lowest BCUT2D eigenvalue weighted by atomic mass is 10.0. The van der Waals surface area contributed by atoms with Gasteiger partial charge in [-0.2, -0.15) is 5.10 Å². The van der Waals surface area contributed by atoms with Crippen molar-refractivity contribution in [2.24, 2.45) is 5.10 Å². The average Bonchev–Trinajstić information content (AvgIpc) is 3.03. The molecule has 0 aromatic heterocycles. The lowest BCUT2D eigenvalue weighted by Gasteiger charge is -2.11. The molecule has 0 aliphatic heterocycles. The van der Waals surface area contributed by atoms with Crippen LogP contribution in [0.5, 0.6) is 11.5 Å². The van der Waals surface area contributed by atoms with Crippen molar-refractivity contribution in [1.29, 1.82) is 0 Å². The minimum Gasteiger partial charge on any atom is -0.494 e. The van der Waals surface area contributed by atoms with Crippen LogP contribution in [0.25, 0.3) is 10.8 Å². The van der Waals surface area contributed by atoms with Crippen molar-refractivity contribution >= 4 is 44.6 Å². The fourth-order valence-electron chi connectivity index (χ4n) is 4.23. The van der Waals surface area contributed by atoms with E-state index in [1.54, 1.807) is 48.5 Å². The molecule has 0 atom stereocenters. The number of benzene rings is 5. The van der Waals surface area contributed by atoms with E-state index in [0.717, 1.165) is 10.8 Å². The summed E-state index contributed by atoms with van der Waals surface area (Å²) in [6.45, 7) is 2.39. The molecule has 0 fully saturated rings. The Morgan fingerprint density at radius 2 is 1.47 bits per heavy atom. The quantitative estimate of drug-likeness (QED) is 0.0883. The Morgan fingerprint density at radius 3 is 2.19 bits per heavy atom. The Morgan fingerprint density at radius 1 is 0.791 bits per heavy atom. The summed E-state index contributed by atoms with van der Waals surface area (Å²) in [7, 11) is -3.76. The van der Waals surface area contributed by atoms with Crippen molar-refractivity contribution < 1.29 is 27.5 Å². The average molecular weight is 594 g/mol. The molecule has 0 saturated carbocycles. The predicted octanol–water partition coefficient (Wildman–Crippen LogP) is 6.02. The Labute approximate surface area is 248 Å². The summed E-state index contributed by atoms with van der Waals surface area (Å²) >= 11 is 0. The molecule has 5 aromatic carbocycles. The summed E-state index contributed by atoms with van der Waals surface area (Å²) in [5.74, 6) is -0.149. The van der Waals surface area contributed by atoms with Crippen LogP contribution in [0.15, 0.2) is 125 Å². The van der Waals surface area contributed by atoms with Crippen molar-refractivity contribution in [1.82, 2.24) is 5.43 Å². The number of nitrogens with one attached hydrogen (secondary N) is 2. The molecule has 0 aliphatic rings. The summed E-state index contributed by atoms with van der Waals surface area (Å²) in [5, 5.41) is 5.78. The van der Waals surface area contributed by atoms with Crippen LogP contribution in [0.3, 0.4) is 0 Å². The number of fused-ring (bicyclic) bond motifs is 1. The maximum absolute atomic E-state index is 12.9. The van der Waals surface area contributed by atoms with E-state index in [0.29, 0.717) is 29.2 Å². The van der Waals surface area contributed by atoms with Crippen molar-refractivity contribution in [2.75, 3.05) is 11.3 Å². The molecule has 10 heteroatoms. The first kappa shape index (κ1) is 29.0. The first-order valence-electron chi connectivity index (χ1n) is 13.3. The second-order valence-electron chi connectivity index (χ2n) is 9.24. The number of ether oxygens (including phenoxy) is 2. The van der Waals surface area contributed by atoms with Crippen LogP contribution in [0.2, 0.25) is 0 Å². The zero-order valence-corrected chi connectivity index (χ0v) is 23.9. The third-order valence-corrected chi connectivity index (χ3v) is 7.74. The van der Waals surface area contributed by atoms with Crippen LogP contribution in [0.4, 0.5) is 5.69 Å². The number of amides is 1. The fourth-order valence-corrected chi connectivity index (χ4v) is 5.31. The molecule has 0 heterocycles. The van der Waals surface area contributed by atoms with E-state index in [1.165, 1.54) is 42.6 Å². The Balaban J connectivity index is 1.30. The number of esters is 1. The van der Waals surface area contributed by atoms with E-state index in [2.05, 4.69) is 15.2 Å². The molecule has 0 spiro atoms. The van der Waals surface area contributed by atoms with E-state index in [-0.39, 0.29) is 16.2 Å². The van der Waals surface area contributed by atoms with E-state index < -0.39 is 21.9 Å². The molecule has 0 aliphatic carbocycles. The molecule has 0 unspecified atom stereocenters. The Kier molecular flexibility index (Phi) is 8.78. The third-order valence-electron chi connectivity index (χ3n) is 6.35. The van der Waals surface area contributed by atoms with Gasteiger partial charge in [-0.05, 0) is 84.4 Å². The van der Waals surface area contributed by atoms with Crippen LogP contribution in [-0.2, 0) is 10.0 Å². The largest absolute Gasteiger partial charge is 0.494 e. The Bertz CT molecular complexity index is 1890. The Hall–Kier alpha value is -5.48. The molecular formula is C33H27N3O6S. The van der Waals surface area contributed by atoms with Gasteiger partial charge in [-0.3, -0.25) is 9.52 Å². The summed E-state index contributed by atoms with van der Waals surface area (Å²) in [5.41, 5.74) is 3.89. The molecule has 5 rings (SSSR count). The van der Waals surface area contributed by atoms with Crippen molar-refractivity contribution in [2.45, 2.75) is 11.8 Å². The molecule has 1 amide bonds. The van der Waals surface area contributed by atoms with Crippen molar-refractivity contribution in [3.63, 3.8) is 0 Å². The van der Waals surface area contributed by atoms with Crippen LogP contribution in [-0.4, -0.2) is 33.1 Å². The van der Waals surface area contributed by atoms with Crippen LogP contribution in [0.1, 0.15) is 33.2 Å². The summed E-state index contributed by atoms with van der Waals surface area (Å²) < 4.78 is 38.8. The maximum atomic E-state index is 12.9. The molecule has 216 valence electrons. The molecule has 2 N–H and O–H groups in total. The third kappa shape index (κ3) is 7.06. The first-order chi connectivity index (χ1) is 20.8. The van der Waals surface area contributed by atoms with Gasteiger partial charge in [-0.1, -0.05) is 48.5 Å². The zero-order valence-electron chi connectivity index (χ0n) is 23.1. The second-order valence-corrected chi connectivity index (χ2v) is 10.9. The minimum atomic E-state index is -3.76. The van der Waals surface area contributed by atoms with Gasteiger partial charge in [0, 0.05) is 16.8 Å². The van der Waals surface area contributed by atoms with Gasteiger partial charge in [0.1, 0.15) is 11.5 Å². The SMILES string of the molecule is CCOc1ccc(C(=O)Oc2ccc3ccccc3c2/C=N\NC(=O)c2ccc(NS(=O)(=O)c3ccccc3)cc2)cc1. The van der Waals surface area contributed by atoms with Gasteiger partial charge < -0.3 is 9.47 Å². The highest BCUT2D eigenvalue weighted by atomic mass is 32.2. The van der Waals surface area contributed by atoms with Gasteiger partial charge in [0.2, 0.25) is 0 Å². The summed E-state index contributed by atoms with van der Waals surface area (Å²) in [6, 6.07) is 31.6. The topological polar surface area (TPSA) is 123 Å². The predicted molar refractivity (Wildman–Crippen MR) is 165 cm³/mol. The highest BCUT2D eigenvalue weighted by molar-refractivity contribution is 7.92. The number of carbonyl (C=O) groups is 2. The summed E-state index contributed by atoms with van der Waals surface area (Å²) in [6.07, 6.45) is 1.42. The van der Waals surface area contributed by atoms with Gasteiger partial charge in [0.25, 0.3) is 15.9 Å². The number of carbonyl (C=O) groups excluding carboxylic acids is 2. The van der Waals surface area contributed by atoms with E-state index in [9.17, 15) is 18.0 Å². The van der Waals surface area contributed by atoms with Crippen LogP contribution >= 0.6 is 0 Å². The highest BCUT2D eigenvalue weighted by Crippen LogP contribution is 2.28.